The van der Waals surface area contributed by atoms with Crippen LogP contribution in [0.5, 0.6) is 0 Å². The molecule has 2 saturated heterocycles. The van der Waals surface area contributed by atoms with Crippen LogP contribution in [0.4, 0.5) is 0 Å². The van der Waals surface area contributed by atoms with E-state index in [0.717, 1.165) is 31.5 Å². The molecule has 0 unspecified atom stereocenters. The molecule has 0 bridgehead atoms. The minimum absolute atomic E-state index is 0.0208. The Morgan fingerprint density at radius 1 is 1.39 bits per heavy atom. The Hall–Kier alpha value is -1.85. The van der Waals surface area contributed by atoms with Crippen LogP contribution >= 0.6 is 0 Å². The predicted octanol–water partition coefficient (Wildman–Crippen LogP) is 1.78. The van der Waals surface area contributed by atoms with Crippen LogP contribution in [0.15, 0.2) is 10.6 Å². The minimum Gasteiger partial charge on any atom is -0.361 e. The van der Waals surface area contributed by atoms with Crippen LogP contribution in [0.25, 0.3) is 0 Å². The zero-order chi connectivity index (χ0) is 16.6. The highest BCUT2D eigenvalue weighted by Gasteiger charge is 2.49. The molecule has 0 aliphatic carbocycles. The molecule has 3 heterocycles. The molecular formula is C17H25N3O3. The van der Waals surface area contributed by atoms with Crippen molar-refractivity contribution < 1.29 is 14.1 Å². The molecule has 2 amide bonds. The average molecular weight is 319 g/mol. The van der Waals surface area contributed by atoms with Gasteiger partial charge in [0, 0.05) is 31.7 Å². The third kappa shape index (κ3) is 2.99. The summed E-state index contributed by atoms with van der Waals surface area (Å²) in [6.07, 6.45) is 2.91. The zero-order valence-electron chi connectivity index (χ0n) is 14.2. The molecule has 2 aliphatic rings. The fourth-order valence-corrected chi connectivity index (χ4v) is 3.82. The Kier molecular flexibility index (Phi) is 4.17. The van der Waals surface area contributed by atoms with Gasteiger partial charge in [-0.2, -0.15) is 0 Å². The standard InChI is InChI=1S/C17H25N3O3/c1-12(2)20-7-4-5-17(16(20)22)6-8-19(11-17)15(21)10-14-9-13(3)18-23-14/h9,12H,4-8,10-11H2,1-3H3/t17-/m1/s1. The number of hydrogen-bond donors (Lipinski definition) is 0. The molecule has 1 aromatic rings. The number of nitrogens with zero attached hydrogens (tertiary/aromatic N) is 3. The Labute approximate surface area is 136 Å². The summed E-state index contributed by atoms with van der Waals surface area (Å²) < 4.78 is 5.13. The molecule has 1 aromatic heterocycles. The molecule has 3 rings (SSSR count). The number of aromatic nitrogens is 1. The lowest BCUT2D eigenvalue weighted by Gasteiger charge is -2.41. The number of amides is 2. The summed E-state index contributed by atoms with van der Waals surface area (Å²) >= 11 is 0. The first-order chi connectivity index (χ1) is 10.9. The van der Waals surface area contributed by atoms with Crippen molar-refractivity contribution in [1.29, 1.82) is 0 Å². The van der Waals surface area contributed by atoms with Crippen molar-refractivity contribution in [3.63, 3.8) is 0 Å². The summed E-state index contributed by atoms with van der Waals surface area (Å²) in [6, 6.07) is 2.01. The smallest absolute Gasteiger partial charge is 0.230 e. The molecule has 6 nitrogen and oxygen atoms in total. The summed E-state index contributed by atoms with van der Waals surface area (Å²) in [5, 5.41) is 3.81. The fourth-order valence-electron chi connectivity index (χ4n) is 3.82. The van der Waals surface area contributed by atoms with Crippen molar-refractivity contribution in [3.05, 3.63) is 17.5 Å². The molecular weight excluding hydrogens is 294 g/mol. The summed E-state index contributed by atoms with van der Waals surface area (Å²) in [5.41, 5.74) is 0.413. The highest BCUT2D eigenvalue weighted by molar-refractivity contribution is 5.86. The van der Waals surface area contributed by atoms with Crippen molar-refractivity contribution in [2.75, 3.05) is 19.6 Å². The topological polar surface area (TPSA) is 66.7 Å². The maximum absolute atomic E-state index is 12.9. The monoisotopic (exact) mass is 319 g/mol. The lowest BCUT2D eigenvalue weighted by Crippen LogP contribution is -2.52. The van der Waals surface area contributed by atoms with Gasteiger partial charge in [0.25, 0.3) is 0 Å². The van der Waals surface area contributed by atoms with Crippen molar-refractivity contribution in [3.8, 4) is 0 Å². The first-order valence-electron chi connectivity index (χ1n) is 8.42. The Morgan fingerprint density at radius 3 is 2.83 bits per heavy atom. The first kappa shape index (κ1) is 16.0. The predicted molar refractivity (Wildman–Crippen MR) is 84.7 cm³/mol. The summed E-state index contributed by atoms with van der Waals surface area (Å²) in [4.78, 5) is 29.2. The zero-order valence-corrected chi connectivity index (χ0v) is 14.2. The van der Waals surface area contributed by atoms with Crippen LogP contribution < -0.4 is 0 Å². The normalized spacial score (nSPS) is 25.0. The van der Waals surface area contributed by atoms with Crippen LogP contribution in [-0.2, 0) is 16.0 Å². The third-order valence-corrected chi connectivity index (χ3v) is 5.10. The van der Waals surface area contributed by atoms with E-state index in [4.69, 9.17) is 4.52 Å². The van der Waals surface area contributed by atoms with E-state index < -0.39 is 0 Å². The van der Waals surface area contributed by atoms with Gasteiger partial charge in [-0.15, -0.1) is 0 Å². The van der Waals surface area contributed by atoms with E-state index in [1.807, 2.05) is 16.7 Å². The van der Waals surface area contributed by atoms with E-state index in [-0.39, 0.29) is 29.7 Å². The van der Waals surface area contributed by atoms with Gasteiger partial charge in [0.1, 0.15) is 5.76 Å². The number of likely N-dealkylation sites (tertiary alicyclic amines) is 2. The summed E-state index contributed by atoms with van der Waals surface area (Å²) in [5.74, 6) is 0.837. The van der Waals surface area contributed by atoms with Gasteiger partial charge in [0.2, 0.25) is 11.8 Å². The van der Waals surface area contributed by atoms with Gasteiger partial charge in [0.15, 0.2) is 0 Å². The number of hydrogen-bond acceptors (Lipinski definition) is 4. The summed E-state index contributed by atoms with van der Waals surface area (Å²) in [6.45, 7) is 7.99. The molecule has 126 valence electrons. The van der Waals surface area contributed by atoms with Crippen LogP contribution in [0, 0.1) is 12.3 Å². The first-order valence-corrected chi connectivity index (χ1v) is 8.42. The van der Waals surface area contributed by atoms with Crippen molar-refractivity contribution in [2.45, 2.75) is 52.5 Å². The molecule has 2 aliphatic heterocycles. The minimum atomic E-state index is -0.366. The SMILES string of the molecule is Cc1cc(CC(=O)N2CC[C@]3(CCCN(C(C)C)C3=O)C2)on1. The molecule has 23 heavy (non-hydrogen) atoms. The number of aryl methyl sites for hydroxylation is 1. The highest BCUT2D eigenvalue weighted by atomic mass is 16.5. The Bertz CT molecular complexity index is 610. The van der Waals surface area contributed by atoms with Gasteiger partial charge < -0.3 is 14.3 Å². The van der Waals surface area contributed by atoms with Crippen molar-refractivity contribution in [2.24, 2.45) is 5.41 Å². The van der Waals surface area contributed by atoms with Gasteiger partial charge in [-0.05, 0) is 40.0 Å². The van der Waals surface area contributed by atoms with Gasteiger partial charge >= 0.3 is 0 Å². The van der Waals surface area contributed by atoms with Gasteiger partial charge in [0.05, 0.1) is 17.5 Å². The number of carbonyl (C=O) groups excluding carboxylic acids is 2. The molecule has 1 spiro atoms. The molecule has 0 radical (unpaired) electrons. The van der Waals surface area contributed by atoms with Crippen molar-refractivity contribution >= 4 is 11.8 Å². The third-order valence-electron chi connectivity index (χ3n) is 5.10. The van der Waals surface area contributed by atoms with E-state index in [2.05, 4.69) is 19.0 Å². The van der Waals surface area contributed by atoms with Gasteiger partial charge in [-0.25, -0.2) is 0 Å². The number of rotatable bonds is 3. The van der Waals surface area contributed by atoms with E-state index in [9.17, 15) is 9.59 Å². The Balaban J connectivity index is 1.67. The summed E-state index contributed by atoms with van der Waals surface area (Å²) in [7, 11) is 0. The number of piperidine rings is 1. The molecule has 2 fully saturated rings. The number of carbonyl (C=O) groups is 2. The van der Waals surface area contributed by atoms with E-state index in [1.54, 1.807) is 6.07 Å². The van der Waals surface area contributed by atoms with Crippen LogP contribution in [0.2, 0.25) is 0 Å². The molecule has 0 aromatic carbocycles. The van der Waals surface area contributed by atoms with E-state index >= 15 is 0 Å². The molecule has 1 atom stereocenters. The lowest BCUT2D eigenvalue weighted by atomic mass is 9.78. The highest BCUT2D eigenvalue weighted by Crippen LogP contribution is 2.40. The second kappa shape index (κ2) is 5.98. The average Bonchev–Trinajstić information content (AvgIpc) is 3.09. The second-order valence-corrected chi connectivity index (χ2v) is 7.15. The Morgan fingerprint density at radius 2 is 2.17 bits per heavy atom. The fraction of sp³-hybridized carbons (Fsp3) is 0.706. The lowest BCUT2D eigenvalue weighted by molar-refractivity contribution is -0.148. The quantitative estimate of drug-likeness (QED) is 0.851. The van der Waals surface area contributed by atoms with Gasteiger partial charge in [-0.1, -0.05) is 5.16 Å². The van der Waals surface area contributed by atoms with Crippen LogP contribution in [0.1, 0.15) is 44.6 Å². The van der Waals surface area contributed by atoms with Crippen LogP contribution in [0.3, 0.4) is 0 Å². The maximum atomic E-state index is 12.9. The van der Waals surface area contributed by atoms with E-state index in [0.29, 0.717) is 18.8 Å². The van der Waals surface area contributed by atoms with E-state index in [1.165, 1.54) is 0 Å². The molecule has 6 heteroatoms. The molecule has 0 saturated carbocycles. The van der Waals surface area contributed by atoms with Crippen LogP contribution in [-0.4, -0.2) is 52.4 Å². The largest absolute Gasteiger partial charge is 0.361 e. The van der Waals surface area contributed by atoms with Crippen molar-refractivity contribution in [1.82, 2.24) is 15.0 Å². The van der Waals surface area contributed by atoms with Gasteiger partial charge in [-0.3, -0.25) is 9.59 Å². The maximum Gasteiger partial charge on any atom is 0.230 e. The molecule has 0 N–H and O–H groups in total. The second-order valence-electron chi connectivity index (χ2n) is 7.15.